The summed E-state index contributed by atoms with van der Waals surface area (Å²) in [6, 6.07) is 12.3. The van der Waals surface area contributed by atoms with Gasteiger partial charge in [-0.2, -0.15) is 0 Å². The van der Waals surface area contributed by atoms with Gasteiger partial charge in [0.05, 0.1) is 0 Å². The monoisotopic (exact) mass is 416 g/mol. The molecule has 2 aromatic carbocycles. The second-order valence-electron chi connectivity index (χ2n) is 6.09. The minimum atomic E-state index is -0.246. The molecule has 0 aliphatic rings. The third-order valence-corrected chi connectivity index (χ3v) is 4.87. The van der Waals surface area contributed by atoms with Gasteiger partial charge in [0.15, 0.2) is 6.61 Å². The molecule has 3 rings (SSSR count). The molecule has 0 aliphatic heterocycles. The minimum Gasteiger partial charge on any atom is -0.507 e. The molecular formula is C21H18Cl2N2O3. The number of ether oxygens (including phenoxy) is 1. The fraction of sp³-hybridized carbons (Fsp3) is 0.143. The van der Waals surface area contributed by atoms with Gasteiger partial charge in [-0.3, -0.25) is 9.78 Å². The Kier molecular flexibility index (Phi) is 6.39. The molecule has 1 amide bonds. The number of hydrogen-bond acceptors (Lipinski definition) is 4. The number of nitrogens with one attached hydrogen (secondary N) is 1. The lowest BCUT2D eigenvalue weighted by atomic mass is 9.98. The van der Waals surface area contributed by atoms with Gasteiger partial charge in [-0.25, -0.2) is 0 Å². The summed E-state index contributed by atoms with van der Waals surface area (Å²) in [5, 5.41) is 13.6. The maximum atomic E-state index is 11.3. The van der Waals surface area contributed by atoms with Crippen molar-refractivity contribution in [2.75, 3.05) is 13.7 Å². The Hall–Kier alpha value is -2.76. The number of amides is 1. The topological polar surface area (TPSA) is 71.5 Å². The van der Waals surface area contributed by atoms with Crippen molar-refractivity contribution in [2.24, 2.45) is 0 Å². The van der Waals surface area contributed by atoms with E-state index in [1.54, 1.807) is 30.6 Å². The van der Waals surface area contributed by atoms with E-state index in [2.05, 4.69) is 10.3 Å². The first-order valence-corrected chi connectivity index (χ1v) is 9.27. The second-order valence-corrected chi connectivity index (χ2v) is 6.91. The molecule has 7 heteroatoms. The van der Waals surface area contributed by atoms with Gasteiger partial charge in [0.2, 0.25) is 0 Å². The normalized spacial score (nSPS) is 10.5. The summed E-state index contributed by atoms with van der Waals surface area (Å²) in [6.07, 6.45) is 3.82. The number of phenols is 1. The predicted octanol–water partition coefficient (Wildman–Crippen LogP) is 4.48. The Labute approximate surface area is 172 Å². The van der Waals surface area contributed by atoms with Crippen molar-refractivity contribution in [1.29, 1.82) is 0 Å². The highest BCUT2D eigenvalue weighted by Crippen LogP contribution is 2.34. The Bertz CT molecular complexity index is 971. The molecule has 1 aromatic heterocycles. The summed E-state index contributed by atoms with van der Waals surface area (Å²) in [6.45, 7) is -0.115. The van der Waals surface area contributed by atoms with Gasteiger partial charge in [0.1, 0.15) is 11.5 Å². The number of aromatic hydroxyl groups is 1. The third kappa shape index (κ3) is 4.74. The smallest absolute Gasteiger partial charge is 0.257 e. The van der Waals surface area contributed by atoms with Crippen molar-refractivity contribution in [3.8, 4) is 22.6 Å². The highest BCUT2D eigenvalue weighted by molar-refractivity contribution is 6.36. The first kappa shape index (κ1) is 20.0. The SMILES string of the molecule is CNC(=O)COc1cc(Cl)c(Cc2ccc(O)c(-c3ccncc3)c2)c(Cl)c1. The van der Waals surface area contributed by atoms with E-state index in [-0.39, 0.29) is 18.3 Å². The maximum Gasteiger partial charge on any atom is 0.257 e. The van der Waals surface area contributed by atoms with Crippen LogP contribution in [0.5, 0.6) is 11.5 Å². The van der Waals surface area contributed by atoms with Crippen molar-refractivity contribution in [3.05, 3.63) is 76.0 Å². The largest absolute Gasteiger partial charge is 0.507 e. The maximum absolute atomic E-state index is 11.3. The van der Waals surface area contributed by atoms with Gasteiger partial charge in [0.25, 0.3) is 5.91 Å². The van der Waals surface area contributed by atoms with Crippen LogP contribution in [0, 0.1) is 0 Å². The third-order valence-electron chi connectivity index (χ3n) is 4.20. The van der Waals surface area contributed by atoms with Gasteiger partial charge < -0.3 is 15.2 Å². The molecule has 144 valence electrons. The zero-order valence-electron chi connectivity index (χ0n) is 15.1. The van der Waals surface area contributed by atoms with Crippen LogP contribution in [0.25, 0.3) is 11.1 Å². The van der Waals surface area contributed by atoms with Crippen molar-refractivity contribution in [3.63, 3.8) is 0 Å². The van der Waals surface area contributed by atoms with Crippen LogP contribution in [0.15, 0.2) is 54.9 Å². The number of carbonyl (C=O) groups excluding carboxylic acids is 1. The number of benzene rings is 2. The van der Waals surface area contributed by atoms with Gasteiger partial charge in [-0.1, -0.05) is 29.3 Å². The highest BCUT2D eigenvalue weighted by Gasteiger charge is 2.13. The summed E-state index contributed by atoms with van der Waals surface area (Å²) in [7, 11) is 1.53. The molecule has 0 atom stereocenters. The van der Waals surface area contributed by atoms with Crippen LogP contribution in [-0.4, -0.2) is 29.7 Å². The number of hydrogen-bond donors (Lipinski definition) is 2. The van der Waals surface area contributed by atoms with Crippen LogP contribution < -0.4 is 10.1 Å². The van der Waals surface area contributed by atoms with E-state index in [9.17, 15) is 9.90 Å². The number of phenolic OH excluding ortho intramolecular Hbond substituents is 1. The Morgan fingerprint density at radius 3 is 2.43 bits per heavy atom. The second kappa shape index (κ2) is 8.95. The van der Waals surface area contributed by atoms with E-state index in [0.29, 0.717) is 27.8 Å². The molecule has 0 saturated carbocycles. The number of likely N-dealkylation sites (N-methyl/N-ethyl adjacent to an activating group) is 1. The summed E-state index contributed by atoms with van der Waals surface area (Å²) in [5.74, 6) is 0.361. The number of aromatic nitrogens is 1. The summed E-state index contributed by atoms with van der Waals surface area (Å²) in [5.41, 5.74) is 3.25. The Morgan fingerprint density at radius 2 is 1.79 bits per heavy atom. The zero-order valence-corrected chi connectivity index (χ0v) is 16.6. The number of nitrogens with zero attached hydrogens (tertiary/aromatic N) is 1. The Morgan fingerprint density at radius 1 is 1.11 bits per heavy atom. The van der Waals surface area contributed by atoms with E-state index in [4.69, 9.17) is 27.9 Å². The predicted molar refractivity (Wildman–Crippen MR) is 110 cm³/mol. The number of rotatable bonds is 6. The van der Waals surface area contributed by atoms with E-state index < -0.39 is 0 Å². The quantitative estimate of drug-likeness (QED) is 0.621. The summed E-state index contributed by atoms with van der Waals surface area (Å²) >= 11 is 12.8. The van der Waals surface area contributed by atoms with Gasteiger partial charge in [-0.15, -0.1) is 0 Å². The van der Waals surface area contributed by atoms with Crippen LogP contribution >= 0.6 is 23.2 Å². The lowest BCUT2D eigenvalue weighted by Crippen LogP contribution is -2.24. The molecule has 3 aromatic rings. The van der Waals surface area contributed by atoms with Gasteiger partial charge >= 0.3 is 0 Å². The molecule has 0 spiro atoms. The zero-order chi connectivity index (χ0) is 20.1. The molecule has 0 unspecified atom stereocenters. The highest BCUT2D eigenvalue weighted by atomic mass is 35.5. The molecular weight excluding hydrogens is 399 g/mol. The van der Waals surface area contributed by atoms with Crippen molar-refractivity contribution >= 4 is 29.1 Å². The summed E-state index contributed by atoms with van der Waals surface area (Å²) < 4.78 is 5.40. The molecule has 0 fully saturated rings. The van der Waals surface area contributed by atoms with Crippen molar-refractivity contribution in [2.45, 2.75) is 6.42 Å². The molecule has 1 heterocycles. The van der Waals surface area contributed by atoms with E-state index in [1.165, 1.54) is 7.05 Å². The average Bonchev–Trinajstić information content (AvgIpc) is 2.70. The van der Waals surface area contributed by atoms with Crippen molar-refractivity contribution < 1.29 is 14.6 Å². The fourth-order valence-electron chi connectivity index (χ4n) is 2.71. The van der Waals surface area contributed by atoms with Gasteiger partial charge in [-0.05, 0) is 53.1 Å². The first-order chi connectivity index (χ1) is 13.5. The number of halogens is 2. The molecule has 5 nitrogen and oxygen atoms in total. The molecule has 2 N–H and O–H groups in total. The van der Waals surface area contributed by atoms with Crippen LogP contribution in [0.3, 0.4) is 0 Å². The van der Waals surface area contributed by atoms with E-state index >= 15 is 0 Å². The van der Waals surface area contributed by atoms with Crippen molar-refractivity contribution in [1.82, 2.24) is 10.3 Å². The number of carbonyl (C=O) groups is 1. The number of pyridine rings is 1. The van der Waals surface area contributed by atoms with E-state index in [1.807, 2.05) is 24.3 Å². The first-order valence-electron chi connectivity index (χ1n) is 8.51. The molecule has 28 heavy (non-hydrogen) atoms. The Balaban J connectivity index is 1.85. The van der Waals surface area contributed by atoms with Crippen LogP contribution in [0.1, 0.15) is 11.1 Å². The standard InChI is InChI=1S/C21H18Cl2N2O3/c1-24-21(27)12-28-15-10-18(22)17(19(23)11-15)9-13-2-3-20(26)16(8-13)14-4-6-25-7-5-14/h2-8,10-11,26H,9,12H2,1H3,(H,24,27). The van der Waals surface area contributed by atoms with Crippen LogP contribution in [-0.2, 0) is 11.2 Å². The van der Waals surface area contributed by atoms with E-state index in [0.717, 1.165) is 16.7 Å². The summed E-state index contributed by atoms with van der Waals surface area (Å²) in [4.78, 5) is 15.3. The van der Waals surface area contributed by atoms with Crippen LogP contribution in [0.2, 0.25) is 10.0 Å². The lowest BCUT2D eigenvalue weighted by Gasteiger charge is -2.13. The minimum absolute atomic E-state index is 0.115. The van der Waals surface area contributed by atoms with Gasteiger partial charge in [0, 0.05) is 41.5 Å². The fourth-order valence-corrected chi connectivity index (χ4v) is 3.31. The molecule has 0 aliphatic carbocycles. The lowest BCUT2D eigenvalue weighted by molar-refractivity contribution is -0.122. The van der Waals surface area contributed by atoms with Crippen LogP contribution in [0.4, 0.5) is 0 Å². The molecule has 0 radical (unpaired) electrons. The molecule has 0 saturated heterocycles. The average molecular weight is 417 g/mol. The molecule has 0 bridgehead atoms.